The molecule has 39 heavy (non-hydrogen) atoms. The molecule has 0 fully saturated rings. The van der Waals surface area contributed by atoms with Gasteiger partial charge in [0, 0.05) is 18.0 Å². The van der Waals surface area contributed by atoms with Crippen LogP contribution in [-0.2, 0) is 20.7 Å². The van der Waals surface area contributed by atoms with Crippen LogP contribution in [0.3, 0.4) is 0 Å². The van der Waals surface area contributed by atoms with Gasteiger partial charge in [0.2, 0.25) is 11.8 Å². The number of alkyl carbamates (subject to hydrolysis) is 1. The summed E-state index contributed by atoms with van der Waals surface area (Å²) in [4.78, 5) is 42.6. The Kier molecular flexibility index (Phi) is 11.0. The summed E-state index contributed by atoms with van der Waals surface area (Å²) in [6.45, 7) is 14.9. The maximum absolute atomic E-state index is 14.4. The van der Waals surface area contributed by atoms with Crippen LogP contribution in [0.2, 0.25) is 0 Å². The van der Waals surface area contributed by atoms with Crippen molar-refractivity contribution in [2.75, 3.05) is 0 Å². The van der Waals surface area contributed by atoms with Crippen LogP contribution >= 0.6 is 0 Å². The van der Waals surface area contributed by atoms with E-state index in [2.05, 4.69) is 17.6 Å². The molecule has 0 bridgehead atoms. The number of ether oxygens (including phenoxy) is 1. The van der Waals surface area contributed by atoms with Crippen LogP contribution in [0.15, 0.2) is 54.6 Å². The molecule has 0 aliphatic rings. The van der Waals surface area contributed by atoms with Gasteiger partial charge < -0.3 is 25.4 Å². The number of carbonyl (C=O) groups is 3. The molecular weight excluding hydrogens is 494 g/mol. The third kappa shape index (κ3) is 9.93. The summed E-state index contributed by atoms with van der Waals surface area (Å²) >= 11 is 0. The molecule has 0 aliphatic heterocycles. The smallest absolute Gasteiger partial charge is 0.408 e. The summed E-state index contributed by atoms with van der Waals surface area (Å²) in [6, 6.07) is 13.6. The molecule has 2 aromatic carbocycles. The molecule has 0 aromatic heterocycles. The third-order valence-electron chi connectivity index (χ3n) is 6.06. The fourth-order valence-corrected chi connectivity index (χ4v) is 4.41. The average molecular weight is 540 g/mol. The van der Waals surface area contributed by atoms with Crippen molar-refractivity contribution in [1.29, 1.82) is 0 Å². The van der Waals surface area contributed by atoms with Crippen LogP contribution in [0.4, 0.5) is 4.79 Å². The van der Waals surface area contributed by atoms with E-state index in [0.717, 1.165) is 18.4 Å². The van der Waals surface area contributed by atoms with Gasteiger partial charge in [0.25, 0.3) is 0 Å². The highest BCUT2D eigenvalue weighted by Crippen LogP contribution is 2.31. The number of benzene rings is 2. The summed E-state index contributed by atoms with van der Waals surface area (Å²) in [5.74, 6) is -0.611. The Balaban J connectivity index is 2.57. The fraction of sp³-hybridized carbons (Fsp3) is 0.516. The van der Waals surface area contributed by atoms with E-state index < -0.39 is 35.2 Å². The number of nitrogens with one attached hydrogen (secondary N) is 2. The lowest BCUT2D eigenvalue weighted by atomic mass is 9.94. The Labute approximate surface area is 233 Å². The molecule has 2 aromatic rings. The van der Waals surface area contributed by atoms with Gasteiger partial charge in [-0.2, -0.15) is 0 Å². The Morgan fingerprint density at radius 1 is 0.923 bits per heavy atom. The van der Waals surface area contributed by atoms with E-state index in [1.807, 2.05) is 58.0 Å². The van der Waals surface area contributed by atoms with Crippen molar-refractivity contribution < 1.29 is 24.2 Å². The number of nitrogens with zero attached hydrogens (tertiary/aromatic N) is 1. The number of amides is 3. The summed E-state index contributed by atoms with van der Waals surface area (Å²) in [5, 5.41) is 15.6. The second-order valence-electron chi connectivity index (χ2n) is 12.0. The molecule has 8 heteroatoms. The van der Waals surface area contributed by atoms with Crippen LogP contribution < -0.4 is 10.6 Å². The second kappa shape index (κ2) is 13.5. The summed E-state index contributed by atoms with van der Waals surface area (Å²) < 4.78 is 5.47. The molecule has 0 saturated heterocycles. The SMILES string of the molecule is CCCC(C)NC(=O)C(c1ccccc1)N(C(=O)C(Cc1ccc(O)cc1)NC(=O)OC(C)(C)C)C(C)(C)C. The Bertz CT molecular complexity index is 1090. The second-order valence-corrected chi connectivity index (χ2v) is 12.0. The van der Waals surface area contributed by atoms with Gasteiger partial charge in [-0.1, -0.05) is 55.8 Å². The van der Waals surface area contributed by atoms with Gasteiger partial charge in [-0.25, -0.2) is 4.79 Å². The minimum atomic E-state index is -1.03. The van der Waals surface area contributed by atoms with E-state index in [-0.39, 0.29) is 24.1 Å². The van der Waals surface area contributed by atoms with Crippen molar-refractivity contribution in [3.05, 3.63) is 65.7 Å². The lowest BCUT2D eigenvalue weighted by Crippen LogP contribution is -2.59. The highest BCUT2D eigenvalue weighted by molar-refractivity contribution is 5.93. The fourth-order valence-electron chi connectivity index (χ4n) is 4.41. The molecule has 8 nitrogen and oxygen atoms in total. The largest absolute Gasteiger partial charge is 0.508 e. The maximum Gasteiger partial charge on any atom is 0.408 e. The number of hydrogen-bond donors (Lipinski definition) is 3. The van der Waals surface area contributed by atoms with E-state index in [0.29, 0.717) is 5.56 Å². The van der Waals surface area contributed by atoms with E-state index in [4.69, 9.17) is 4.74 Å². The van der Waals surface area contributed by atoms with Gasteiger partial charge in [0.05, 0.1) is 0 Å². The van der Waals surface area contributed by atoms with Crippen molar-refractivity contribution >= 4 is 17.9 Å². The Hall–Kier alpha value is -3.55. The molecule has 0 saturated carbocycles. The van der Waals surface area contributed by atoms with Gasteiger partial charge in [-0.15, -0.1) is 0 Å². The molecule has 3 atom stereocenters. The van der Waals surface area contributed by atoms with Crippen molar-refractivity contribution in [3.8, 4) is 5.75 Å². The third-order valence-corrected chi connectivity index (χ3v) is 6.06. The minimum Gasteiger partial charge on any atom is -0.508 e. The van der Waals surface area contributed by atoms with Crippen molar-refractivity contribution in [1.82, 2.24) is 15.5 Å². The first-order valence-electron chi connectivity index (χ1n) is 13.6. The summed E-state index contributed by atoms with van der Waals surface area (Å²) in [5.41, 5.74) is -0.149. The minimum absolute atomic E-state index is 0.0710. The predicted molar refractivity (Wildman–Crippen MR) is 153 cm³/mol. The molecule has 0 spiro atoms. The first-order valence-corrected chi connectivity index (χ1v) is 13.6. The Morgan fingerprint density at radius 2 is 1.51 bits per heavy atom. The topological polar surface area (TPSA) is 108 Å². The van der Waals surface area contributed by atoms with Crippen molar-refractivity contribution in [2.45, 2.75) is 104 Å². The van der Waals surface area contributed by atoms with Crippen LogP contribution in [0, 0.1) is 0 Å². The normalized spacial score (nSPS) is 14.1. The van der Waals surface area contributed by atoms with Crippen LogP contribution in [0.5, 0.6) is 5.75 Å². The molecule has 3 unspecified atom stereocenters. The maximum atomic E-state index is 14.4. The molecule has 214 valence electrons. The number of phenolic OH excluding ortho intramolecular Hbond substituents is 1. The van der Waals surface area contributed by atoms with E-state index in [1.54, 1.807) is 37.8 Å². The van der Waals surface area contributed by atoms with E-state index in [1.165, 1.54) is 12.1 Å². The first kappa shape index (κ1) is 31.7. The lowest BCUT2D eigenvalue weighted by Gasteiger charge is -2.43. The highest BCUT2D eigenvalue weighted by Gasteiger charge is 2.42. The number of aromatic hydroxyl groups is 1. The molecular formula is C31H45N3O5. The zero-order valence-electron chi connectivity index (χ0n) is 24.6. The van der Waals surface area contributed by atoms with Crippen LogP contribution in [0.1, 0.15) is 85.4 Å². The molecule has 0 aliphatic carbocycles. The van der Waals surface area contributed by atoms with Crippen molar-refractivity contribution in [2.24, 2.45) is 0 Å². The zero-order chi connectivity index (χ0) is 29.4. The summed E-state index contributed by atoms with van der Waals surface area (Å²) in [7, 11) is 0. The lowest BCUT2D eigenvalue weighted by molar-refractivity contribution is -0.148. The van der Waals surface area contributed by atoms with Gasteiger partial charge in [0.15, 0.2) is 0 Å². The van der Waals surface area contributed by atoms with Gasteiger partial charge >= 0.3 is 6.09 Å². The molecule has 2 rings (SSSR count). The van der Waals surface area contributed by atoms with Crippen molar-refractivity contribution in [3.63, 3.8) is 0 Å². The summed E-state index contributed by atoms with van der Waals surface area (Å²) in [6.07, 6.45) is 1.12. The van der Waals surface area contributed by atoms with Crippen LogP contribution in [-0.4, -0.2) is 51.1 Å². The van der Waals surface area contributed by atoms with Crippen LogP contribution in [0.25, 0.3) is 0 Å². The number of carbonyl (C=O) groups excluding carboxylic acids is 3. The first-order chi connectivity index (χ1) is 18.1. The van der Waals surface area contributed by atoms with E-state index in [9.17, 15) is 19.5 Å². The molecule has 3 N–H and O–H groups in total. The zero-order valence-corrected chi connectivity index (χ0v) is 24.6. The number of hydrogen-bond acceptors (Lipinski definition) is 5. The monoisotopic (exact) mass is 539 g/mol. The van der Waals surface area contributed by atoms with Gasteiger partial charge in [-0.3, -0.25) is 9.59 Å². The molecule has 0 radical (unpaired) electrons. The number of rotatable bonds is 10. The van der Waals surface area contributed by atoms with Gasteiger partial charge in [-0.05, 0) is 78.1 Å². The standard InChI is InChI=1S/C31H45N3O5/c1-9-13-21(2)32-27(36)26(23-14-11-10-12-15-23)34(30(3,4)5)28(37)25(33-29(38)39-31(6,7)8)20-22-16-18-24(35)19-17-22/h10-12,14-19,21,25-26,35H,9,13,20H2,1-8H3,(H,32,36)(H,33,38). The Morgan fingerprint density at radius 3 is 2.03 bits per heavy atom. The quantitative estimate of drug-likeness (QED) is 0.369. The van der Waals surface area contributed by atoms with E-state index >= 15 is 0 Å². The highest BCUT2D eigenvalue weighted by atomic mass is 16.6. The predicted octanol–water partition coefficient (Wildman–Crippen LogP) is 5.50. The molecule has 0 heterocycles. The van der Waals surface area contributed by atoms with Gasteiger partial charge in [0.1, 0.15) is 23.4 Å². The molecule has 3 amide bonds. The number of phenols is 1. The average Bonchev–Trinajstić information content (AvgIpc) is 2.81.